The van der Waals surface area contributed by atoms with Crippen molar-refractivity contribution in [3.8, 4) is 0 Å². The van der Waals surface area contributed by atoms with Crippen LogP contribution in [0.2, 0.25) is 0 Å². The van der Waals surface area contributed by atoms with Crippen LogP contribution in [0.3, 0.4) is 0 Å². The molecular formula is C6H8N3. The Labute approximate surface area is 54.4 Å². The van der Waals surface area contributed by atoms with E-state index in [4.69, 9.17) is 0 Å². The molecule has 0 aliphatic heterocycles. The summed E-state index contributed by atoms with van der Waals surface area (Å²) in [7, 11) is 3.81. The zero-order chi connectivity index (χ0) is 6.69. The SMILES string of the molecule is CN(C)c1[c]nccn1. The van der Waals surface area contributed by atoms with Crippen LogP contribution in [0.15, 0.2) is 12.4 Å². The van der Waals surface area contributed by atoms with E-state index in [0.29, 0.717) is 0 Å². The van der Waals surface area contributed by atoms with Gasteiger partial charge in [-0.3, -0.25) is 0 Å². The second kappa shape index (κ2) is 2.44. The van der Waals surface area contributed by atoms with E-state index < -0.39 is 0 Å². The number of rotatable bonds is 1. The number of hydrogen-bond acceptors (Lipinski definition) is 3. The highest BCUT2D eigenvalue weighted by molar-refractivity contribution is 5.30. The molecule has 0 aliphatic carbocycles. The number of anilines is 1. The maximum atomic E-state index is 3.99. The summed E-state index contributed by atoms with van der Waals surface area (Å²) in [5, 5.41) is 0. The highest BCUT2D eigenvalue weighted by Gasteiger charge is 1.91. The van der Waals surface area contributed by atoms with Gasteiger partial charge in [0, 0.05) is 26.5 Å². The maximum Gasteiger partial charge on any atom is 0.156 e. The topological polar surface area (TPSA) is 29.0 Å². The lowest BCUT2D eigenvalue weighted by Gasteiger charge is -2.07. The molecule has 1 aromatic heterocycles. The van der Waals surface area contributed by atoms with Crippen molar-refractivity contribution >= 4 is 5.82 Å². The molecular weight excluding hydrogens is 114 g/mol. The molecule has 0 atom stereocenters. The van der Waals surface area contributed by atoms with Crippen LogP contribution in [-0.4, -0.2) is 24.1 Å². The predicted octanol–water partition coefficient (Wildman–Crippen LogP) is 0.343. The van der Waals surface area contributed by atoms with Crippen molar-refractivity contribution in [2.45, 2.75) is 0 Å². The molecule has 0 N–H and O–H groups in total. The van der Waals surface area contributed by atoms with E-state index in [1.54, 1.807) is 12.4 Å². The largest absolute Gasteiger partial charge is 0.361 e. The molecule has 0 fully saturated rings. The third-order valence-corrected chi connectivity index (χ3v) is 0.926. The molecule has 0 unspecified atom stereocenters. The molecule has 1 aromatic rings. The molecule has 9 heavy (non-hydrogen) atoms. The molecule has 3 heteroatoms. The average molecular weight is 122 g/mol. The van der Waals surface area contributed by atoms with E-state index in [1.807, 2.05) is 19.0 Å². The first kappa shape index (κ1) is 6.01. The van der Waals surface area contributed by atoms with Crippen LogP contribution in [0, 0.1) is 6.20 Å². The summed E-state index contributed by atoms with van der Waals surface area (Å²) < 4.78 is 0. The van der Waals surface area contributed by atoms with Gasteiger partial charge in [0.15, 0.2) is 5.82 Å². The van der Waals surface area contributed by atoms with Crippen LogP contribution >= 0.6 is 0 Å². The smallest absolute Gasteiger partial charge is 0.156 e. The third kappa shape index (κ3) is 1.38. The molecule has 0 amide bonds. The molecule has 1 rings (SSSR count). The van der Waals surface area contributed by atoms with E-state index in [0.717, 1.165) is 5.82 Å². The van der Waals surface area contributed by atoms with Crippen LogP contribution in [0.5, 0.6) is 0 Å². The van der Waals surface area contributed by atoms with E-state index >= 15 is 0 Å². The van der Waals surface area contributed by atoms with Gasteiger partial charge >= 0.3 is 0 Å². The minimum atomic E-state index is 0.762. The van der Waals surface area contributed by atoms with Crippen molar-refractivity contribution in [3.05, 3.63) is 18.6 Å². The first-order valence-electron chi connectivity index (χ1n) is 2.66. The molecule has 1 heterocycles. The summed E-state index contributed by atoms with van der Waals surface area (Å²) in [6, 6.07) is 0. The van der Waals surface area contributed by atoms with Gasteiger partial charge in [-0.25, -0.2) is 9.97 Å². The van der Waals surface area contributed by atoms with Crippen molar-refractivity contribution < 1.29 is 0 Å². The van der Waals surface area contributed by atoms with Crippen LogP contribution in [0.1, 0.15) is 0 Å². The Morgan fingerprint density at radius 2 is 2.22 bits per heavy atom. The molecule has 0 aliphatic rings. The Morgan fingerprint density at radius 3 is 2.56 bits per heavy atom. The first-order valence-corrected chi connectivity index (χ1v) is 2.66. The predicted molar refractivity (Wildman–Crippen MR) is 35.2 cm³/mol. The summed E-state index contributed by atoms with van der Waals surface area (Å²) in [5.74, 6) is 0.762. The van der Waals surface area contributed by atoms with E-state index in [2.05, 4.69) is 16.2 Å². The minimum absolute atomic E-state index is 0.762. The molecule has 47 valence electrons. The fraction of sp³-hybridized carbons (Fsp3) is 0.333. The van der Waals surface area contributed by atoms with Crippen LogP contribution < -0.4 is 4.90 Å². The quantitative estimate of drug-likeness (QED) is 0.538. The summed E-state index contributed by atoms with van der Waals surface area (Å²) in [5.41, 5.74) is 0. The fourth-order valence-corrected chi connectivity index (χ4v) is 0.477. The molecule has 0 saturated carbocycles. The van der Waals surface area contributed by atoms with Gasteiger partial charge < -0.3 is 4.90 Å². The third-order valence-electron chi connectivity index (χ3n) is 0.926. The van der Waals surface area contributed by atoms with Gasteiger partial charge in [-0.2, -0.15) is 0 Å². The lowest BCUT2D eigenvalue weighted by atomic mass is 10.6. The van der Waals surface area contributed by atoms with E-state index in [9.17, 15) is 0 Å². The van der Waals surface area contributed by atoms with E-state index in [-0.39, 0.29) is 0 Å². The van der Waals surface area contributed by atoms with Gasteiger partial charge in [-0.15, -0.1) is 0 Å². The Morgan fingerprint density at radius 1 is 1.44 bits per heavy atom. The van der Waals surface area contributed by atoms with Gasteiger partial charge in [0.25, 0.3) is 0 Å². The lowest BCUT2D eigenvalue weighted by molar-refractivity contribution is 1.03. The molecule has 3 nitrogen and oxygen atoms in total. The number of hydrogen-bond donors (Lipinski definition) is 0. The Kier molecular flexibility index (Phi) is 1.63. The van der Waals surface area contributed by atoms with Gasteiger partial charge in [0.1, 0.15) is 6.20 Å². The monoisotopic (exact) mass is 122 g/mol. The first-order chi connectivity index (χ1) is 4.30. The Balaban J connectivity index is 2.85. The van der Waals surface area contributed by atoms with Gasteiger partial charge in [0.05, 0.1) is 0 Å². The highest BCUT2D eigenvalue weighted by atomic mass is 15.1. The highest BCUT2D eigenvalue weighted by Crippen LogP contribution is 1.98. The lowest BCUT2D eigenvalue weighted by Crippen LogP contribution is -2.10. The van der Waals surface area contributed by atoms with E-state index in [1.165, 1.54) is 0 Å². The van der Waals surface area contributed by atoms with Gasteiger partial charge in [-0.05, 0) is 0 Å². The number of nitrogens with zero attached hydrogens (tertiary/aromatic N) is 3. The normalized spacial score (nSPS) is 9.11. The zero-order valence-corrected chi connectivity index (χ0v) is 5.50. The minimum Gasteiger partial charge on any atom is -0.361 e. The second-order valence-electron chi connectivity index (χ2n) is 1.89. The van der Waals surface area contributed by atoms with Crippen molar-refractivity contribution in [3.63, 3.8) is 0 Å². The van der Waals surface area contributed by atoms with Crippen molar-refractivity contribution in [1.82, 2.24) is 9.97 Å². The average Bonchev–Trinajstić information content (AvgIpc) is 1.90. The summed E-state index contributed by atoms with van der Waals surface area (Å²) in [4.78, 5) is 9.62. The maximum absolute atomic E-state index is 3.99. The molecule has 0 bridgehead atoms. The summed E-state index contributed by atoms with van der Waals surface area (Å²) in [6.07, 6.45) is 5.98. The van der Waals surface area contributed by atoms with Crippen molar-refractivity contribution in [2.75, 3.05) is 19.0 Å². The van der Waals surface area contributed by atoms with Crippen LogP contribution in [0.25, 0.3) is 0 Å². The van der Waals surface area contributed by atoms with Gasteiger partial charge in [0.2, 0.25) is 0 Å². The summed E-state index contributed by atoms with van der Waals surface area (Å²) in [6.45, 7) is 0. The van der Waals surface area contributed by atoms with Crippen molar-refractivity contribution in [2.24, 2.45) is 0 Å². The molecule has 1 radical (unpaired) electrons. The standard InChI is InChI=1S/C6H8N3/c1-9(2)6-5-7-3-4-8-6/h3-4H,1-2H3. The molecule has 0 saturated heterocycles. The Bertz CT molecular complexity index is 171. The van der Waals surface area contributed by atoms with Crippen LogP contribution in [0.4, 0.5) is 5.82 Å². The molecule has 0 spiro atoms. The number of aromatic nitrogens is 2. The zero-order valence-electron chi connectivity index (χ0n) is 5.50. The second-order valence-corrected chi connectivity index (χ2v) is 1.89. The molecule has 0 aromatic carbocycles. The summed E-state index contributed by atoms with van der Waals surface area (Å²) >= 11 is 0. The Hall–Kier alpha value is -1.12. The van der Waals surface area contributed by atoms with Crippen molar-refractivity contribution in [1.29, 1.82) is 0 Å². The fourth-order valence-electron chi connectivity index (χ4n) is 0.477. The van der Waals surface area contributed by atoms with Crippen LogP contribution in [-0.2, 0) is 0 Å². The van der Waals surface area contributed by atoms with Gasteiger partial charge in [-0.1, -0.05) is 0 Å².